The Morgan fingerprint density at radius 2 is 1.90 bits per heavy atom. The molecule has 0 amide bonds. The average Bonchev–Trinajstić information content (AvgIpc) is 2.55. The number of halogens is 1. The molecule has 0 aliphatic rings. The number of anilines is 1. The van der Waals surface area contributed by atoms with Gasteiger partial charge in [-0.2, -0.15) is 5.10 Å². The van der Waals surface area contributed by atoms with Crippen LogP contribution in [0.5, 0.6) is 0 Å². The van der Waals surface area contributed by atoms with Crippen molar-refractivity contribution >= 4 is 15.8 Å². The maximum atomic E-state index is 13.1. The second kappa shape index (κ2) is 4.90. The predicted molar refractivity (Wildman–Crippen MR) is 74.6 cm³/mol. The molecule has 0 saturated heterocycles. The molecule has 2 aromatic rings. The quantitative estimate of drug-likeness (QED) is 0.945. The molecule has 0 bridgehead atoms. The molecular formula is C13H16FN3O2S. The minimum Gasteiger partial charge on any atom is -0.263 e. The zero-order chi connectivity index (χ0) is 15.1. The summed E-state index contributed by atoms with van der Waals surface area (Å²) in [5.74, 6) is -0.0553. The van der Waals surface area contributed by atoms with Crippen molar-refractivity contribution in [1.82, 2.24) is 9.78 Å². The fourth-order valence-corrected chi connectivity index (χ4v) is 3.38. The highest BCUT2D eigenvalue weighted by Crippen LogP contribution is 2.23. The first kappa shape index (κ1) is 14.5. The van der Waals surface area contributed by atoms with E-state index < -0.39 is 15.8 Å². The first-order valence-corrected chi connectivity index (χ1v) is 7.50. The molecule has 0 radical (unpaired) electrons. The number of nitrogens with one attached hydrogen (secondary N) is 1. The predicted octanol–water partition coefficient (Wildman–Crippen LogP) is 2.29. The molecule has 0 aliphatic heterocycles. The maximum Gasteiger partial charge on any atom is 0.263 e. The average molecular weight is 297 g/mol. The second-order valence-corrected chi connectivity index (χ2v) is 6.35. The van der Waals surface area contributed by atoms with Crippen LogP contribution in [0.1, 0.15) is 16.8 Å². The van der Waals surface area contributed by atoms with Crippen molar-refractivity contribution in [3.63, 3.8) is 0 Å². The van der Waals surface area contributed by atoms with E-state index in [1.165, 1.54) is 16.8 Å². The second-order valence-electron chi connectivity index (χ2n) is 4.70. The van der Waals surface area contributed by atoms with Crippen molar-refractivity contribution < 1.29 is 12.8 Å². The van der Waals surface area contributed by atoms with Crippen molar-refractivity contribution in [1.29, 1.82) is 0 Å². The summed E-state index contributed by atoms with van der Waals surface area (Å²) in [7, 11) is -2.11. The van der Waals surface area contributed by atoms with Gasteiger partial charge in [0.2, 0.25) is 0 Å². The molecule has 20 heavy (non-hydrogen) atoms. The van der Waals surface area contributed by atoms with Gasteiger partial charge in [0.25, 0.3) is 10.0 Å². The van der Waals surface area contributed by atoms with E-state index in [9.17, 15) is 12.8 Å². The molecule has 7 heteroatoms. The third-order valence-corrected chi connectivity index (χ3v) is 4.68. The van der Waals surface area contributed by atoms with Gasteiger partial charge in [0.1, 0.15) is 11.6 Å². The van der Waals surface area contributed by atoms with Crippen molar-refractivity contribution in [3.8, 4) is 0 Å². The summed E-state index contributed by atoms with van der Waals surface area (Å²) < 4.78 is 41.8. The van der Waals surface area contributed by atoms with Crippen LogP contribution in [0, 0.1) is 26.6 Å². The molecule has 0 fully saturated rings. The third kappa shape index (κ3) is 2.53. The summed E-state index contributed by atoms with van der Waals surface area (Å²) in [5, 5.41) is 4.15. The number of benzene rings is 1. The first-order valence-electron chi connectivity index (χ1n) is 6.01. The molecule has 5 nitrogen and oxygen atoms in total. The molecule has 1 aromatic carbocycles. The van der Waals surface area contributed by atoms with E-state index >= 15 is 0 Å². The lowest BCUT2D eigenvalue weighted by Crippen LogP contribution is -2.17. The van der Waals surface area contributed by atoms with E-state index in [2.05, 4.69) is 9.82 Å². The summed E-state index contributed by atoms with van der Waals surface area (Å²) in [6, 6.07) is 3.57. The largest absolute Gasteiger partial charge is 0.263 e. The molecule has 0 saturated carbocycles. The Bertz CT molecular complexity index is 766. The Morgan fingerprint density at radius 1 is 1.25 bits per heavy atom. The van der Waals surface area contributed by atoms with E-state index in [0.717, 1.165) is 17.3 Å². The number of hydrogen-bond acceptors (Lipinski definition) is 3. The van der Waals surface area contributed by atoms with E-state index in [1.54, 1.807) is 27.8 Å². The van der Waals surface area contributed by atoms with Crippen molar-refractivity contribution in [2.75, 3.05) is 4.72 Å². The lowest BCUT2D eigenvalue weighted by Gasteiger charge is -2.11. The van der Waals surface area contributed by atoms with E-state index in [0.29, 0.717) is 11.4 Å². The zero-order valence-electron chi connectivity index (χ0n) is 11.7. The van der Waals surface area contributed by atoms with Crippen LogP contribution in [0.15, 0.2) is 23.1 Å². The van der Waals surface area contributed by atoms with Crippen molar-refractivity contribution in [2.24, 2.45) is 7.05 Å². The third-order valence-electron chi connectivity index (χ3n) is 3.18. The van der Waals surface area contributed by atoms with Gasteiger partial charge < -0.3 is 0 Å². The first-order chi connectivity index (χ1) is 9.22. The van der Waals surface area contributed by atoms with Crippen LogP contribution in [0.4, 0.5) is 10.2 Å². The fourth-order valence-electron chi connectivity index (χ4n) is 2.00. The van der Waals surface area contributed by atoms with Crippen LogP contribution in [0.3, 0.4) is 0 Å². The van der Waals surface area contributed by atoms with Crippen molar-refractivity contribution in [2.45, 2.75) is 25.7 Å². The van der Waals surface area contributed by atoms with Gasteiger partial charge in [-0.05, 0) is 44.5 Å². The van der Waals surface area contributed by atoms with Gasteiger partial charge in [0, 0.05) is 12.6 Å². The van der Waals surface area contributed by atoms with Gasteiger partial charge in [0.05, 0.1) is 10.6 Å². The number of rotatable bonds is 3. The molecule has 1 heterocycles. The highest BCUT2D eigenvalue weighted by Gasteiger charge is 2.21. The summed E-state index contributed by atoms with van der Waals surface area (Å²) in [6.07, 6.45) is 0. The standard InChI is InChI=1S/C13H16FN3O2S/c1-8-7-11(14)5-6-12(8)20(18,19)16-13-9(2)10(3)15-17(13)4/h5-7,16H,1-4H3. The van der Waals surface area contributed by atoms with Gasteiger partial charge in [0.15, 0.2) is 0 Å². The number of aryl methyl sites for hydroxylation is 3. The monoisotopic (exact) mass is 297 g/mol. The topological polar surface area (TPSA) is 64.0 Å². The van der Waals surface area contributed by atoms with Gasteiger partial charge in [-0.15, -0.1) is 0 Å². The minimum absolute atomic E-state index is 0.0529. The van der Waals surface area contributed by atoms with Gasteiger partial charge in [-0.3, -0.25) is 9.40 Å². The lowest BCUT2D eigenvalue weighted by atomic mass is 10.2. The SMILES string of the molecule is Cc1cc(F)ccc1S(=O)(=O)Nc1c(C)c(C)nn1C. The molecule has 2 rings (SSSR count). The number of sulfonamides is 1. The Balaban J connectivity index is 2.46. The van der Waals surface area contributed by atoms with Gasteiger partial charge in [-0.25, -0.2) is 12.8 Å². The van der Waals surface area contributed by atoms with Crippen LogP contribution in [-0.2, 0) is 17.1 Å². The summed E-state index contributed by atoms with van der Waals surface area (Å²) in [4.78, 5) is 0.0529. The number of aromatic nitrogens is 2. The number of nitrogens with zero attached hydrogens (tertiary/aromatic N) is 2. The summed E-state index contributed by atoms with van der Waals surface area (Å²) in [6.45, 7) is 5.15. The smallest absolute Gasteiger partial charge is 0.263 e. The normalized spacial score (nSPS) is 11.7. The molecule has 0 unspecified atom stereocenters. The molecular weight excluding hydrogens is 281 g/mol. The fraction of sp³-hybridized carbons (Fsp3) is 0.308. The zero-order valence-corrected chi connectivity index (χ0v) is 12.5. The minimum atomic E-state index is -3.77. The van der Waals surface area contributed by atoms with Gasteiger partial charge in [-0.1, -0.05) is 0 Å². The maximum absolute atomic E-state index is 13.1. The molecule has 0 spiro atoms. The summed E-state index contributed by atoms with van der Waals surface area (Å²) >= 11 is 0. The molecule has 1 aromatic heterocycles. The van der Waals surface area contributed by atoms with E-state index in [1.807, 2.05) is 0 Å². The Hall–Kier alpha value is -1.89. The highest BCUT2D eigenvalue weighted by atomic mass is 32.2. The van der Waals surface area contributed by atoms with Gasteiger partial charge >= 0.3 is 0 Å². The molecule has 0 atom stereocenters. The van der Waals surface area contributed by atoms with Crippen LogP contribution in [0.2, 0.25) is 0 Å². The Morgan fingerprint density at radius 3 is 2.40 bits per heavy atom. The molecule has 108 valence electrons. The van der Waals surface area contributed by atoms with Crippen LogP contribution in [-0.4, -0.2) is 18.2 Å². The highest BCUT2D eigenvalue weighted by molar-refractivity contribution is 7.92. The lowest BCUT2D eigenvalue weighted by molar-refractivity contribution is 0.597. The molecule has 0 aliphatic carbocycles. The van der Waals surface area contributed by atoms with Crippen LogP contribution >= 0.6 is 0 Å². The van der Waals surface area contributed by atoms with E-state index in [-0.39, 0.29) is 4.90 Å². The number of hydrogen-bond donors (Lipinski definition) is 1. The Kier molecular flexibility index (Phi) is 3.56. The summed E-state index contributed by atoms with van der Waals surface area (Å²) in [5.41, 5.74) is 1.87. The van der Waals surface area contributed by atoms with E-state index in [4.69, 9.17) is 0 Å². The van der Waals surface area contributed by atoms with Crippen LogP contribution < -0.4 is 4.72 Å². The van der Waals surface area contributed by atoms with Crippen LogP contribution in [0.25, 0.3) is 0 Å². The van der Waals surface area contributed by atoms with Crippen molar-refractivity contribution in [3.05, 3.63) is 40.8 Å². The Labute approximate surface area is 117 Å². The molecule has 1 N–H and O–H groups in total.